The molecule has 0 amide bonds. The number of carboxylic acids is 1. The lowest BCUT2D eigenvalue weighted by Crippen LogP contribution is -2.44. The van der Waals surface area contributed by atoms with Gasteiger partial charge in [0.05, 0.1) is 0 Å². The van der Waals surface area contributed by atoms with Gasteiger partial charge in [-0.15, -0.1) is 0 Å². The SMILES string of the molecule is CCC(O)(C(=O)O)C(O)c1ccccc1F. The van der Waals surface area contributed by atoms with E-state index in [1.807, 2.05) is 0 Å². The van der Waals surface area contributed by atoms with E-state index in [2.05, 4.69) is 0 Å². The Bertz CT molecular complexity index is 393. The summed E-state index contributed by atoms with van der Waals surface area (Å²) in [6, 6.07) is 5.21. The van der Waals surface area contributed by atoms with Gasteiger partial charge in [0, 0.05) is 5.56 Å². The molecule has 1 aromatic rings. The van der Waals surface area contributed by atoms with Crippen molar-refractivity contribution >= 4 is 5.97 Å². The highest BCUT2D eigenvalue weighted by Crippen LogP contribution is 2.30. The molecule has 2 unspecified atom stereocenters. The lowest BCUT2D eigenvalue weighted by molar-refractivity contribution is -0.173. The van der Waals surface area contributed by atoms with Gasteiger partial charge < -0.3 is 15.3 Å². The quantitative estimate of drug-likeness (QED) is 0.720. The molecule has 1 rings (SSSR count). The van der Waals surface area contributed by atoms with Gasteiger partial charge in [0.1, 0.15) is 11.9 Å². The van der Waals surface area contributed by atoms with E-state index in [0.29, 0.717) is 0 Å². The van der Waals surface area contributed by atoms with Gasteiger partial charge in [0.15, 0.2) is 5.60 Å². The number of hydrogen-bond donors (Lipinski definition) is 3. The van der Waals surface area contributed by atoms with E-state index in [1.54, 1.807) is 0 Å². The van der Waals surface area contributed by atoms with Gasteiger partial charge in [0.25, 0.3) is 0 Å². The Morgan fingerprint density at radius 2 is 2.06 bits per heavy atom. The second-order valence-corrected chi connectivity index (χ2v) is 3.51. The number of hydrogen-bond acceptors (Lipinski definition) is 3. The molecule has 1 aromatic carbocycles. The highest BCUT2D eigenvalue weighted by Gasteiger charge is 2.43. The fraction of sp³-hybridized carbons (Fsp3) is 0.364. The Morgan fingerprint density at radius 3 is 2.50 bits per heavy atom. The van der Waals surface area contributed by atoms with Crippen LogP contribution in [0.5, 0.6) is 0 Å². The summed E-state index contributed by atoms with van der Waals surface area (Å²) in [4.78, 5) is 10.8. The van der Waals surface area contributed by atoms with Crippen LogP contribution in [0, 0.1) is 5.82 Å². The van der Waals surface area contributed by atoms with Crippen molar-refractivity contribution in [2.75, 3.05) is 0 Å². The number of aliphatic hydroxyl groups excluding tert-OH is 1. The van der Waals surface area contributed by atoms with E-state index in [-0.39, 0.29) is 12.0 Å². The van der Waals surface area contributed by atoms with Gasteiger partial charge in [-0.3, -0.25) is 0 Å². The number of aliphatic hydroxyl groups is 2. The van der Waals surface area contributed by atoms with Crippen LogP contribution < -0.4 is 0 Å². The molecule has 0 aliphatic rings. The Labute approximate surface area is 92.0 Å². The zero-order chi connectivity index (χ0) is 12.3. The molecule has 4 nitrogen and oxygen atoms in total. The smallest absolute Gasteiger partial charge is 0.338 e. The molecule has 2 atom stereocenters. The van der Waals surface area contributed by atoms with Gasteiger partial charge in [-0.25, -0.2) is 9.18 Å². The zero-order valence-corrected chi connectivity index (χ0v) is 8.72. The van der Waals surface area contributed by atoms with Crippen LogP contribution in [0.1, 0.15) is 25.0 Å². The maximum Gasteiger partial charge on any atom is 0.338 e. The number of benzene rings is 1. The first-order valence-electron chi connectivity index (χ1n) is 4.81. The first-order valence-corrected chi connectivity index (χ1v) is 4.81. The van der Waals surface area contributed by atoms with Crippen LogP contribution in [0.25, 0.3) is 0 Å². The molecule has 0 bridgehead atoms. The van der Waals surface area contributed by atoms with E-state index < -0.39 is 23.5 Å². The van der Waals surface area contributed by atoms with Crippen molar-refractivity contribution in [3.63, 3.8) is 0 Å². The monoisotopic (exact) mass is 228 g/mol. The molecule has 0 fully saturated rings. The minimum absolute atomic E-state index is 0.224. The number of halogens is 1. The Balaban J connectivity index is 3.15. The summed E-state index contributed by atoms with van der Waals surface area (Å²) in [5.41, 5.74) is -2.60. The van der Waals surface area contributed by atoms with Crippen molar-refractivity contribution in [1.82, 2.24) is 0 Å². The van der Waals surface area contributed by atoms with E-state index in [0.717, 1.165) is 6.07 Å². The molecule has 0 radical (unpaired) electrons. The van der Waals surface area contributed by atoms with Crippen molar-refractivity contribution in [3.05, 3.63) is 35.6 Å². The van der Waals surface area contributed by atoms with Crippen LogP contribution in [0.15, 0.2) is 24.3 Å². The molecule has 3 N–H and O–H groups in total. The van der Waals surface area contributed by atoms with Crippen LogP contribution in [-0.2, 0) is 4.79 Å². The lowest BCUT2D eigenvalue weighted by atomic mass is 9.88. The van der Waals surface area contributed by atoms with Crippen molar-refractivity contribution in [1.29, 1.82) is 0 Å². The van der Waals surface area contributed by atoms with Gasteiger partial charge in [0.2, 0.25) is 0 Å². The summed E-state index contributed by atoms with van der Waals surface area (Å²) in [6.07, 6.45) is -2.02. The highest BCUT2D eigenvalue weighted by atomic mass is 19.1. The standard InChI is InChI=1S/C11H13FO4/c1-2-11(16,10(14)15)9(13)7-5-3-4-6-8(7)12/h3-6,9,13,16H,2H2,1H3,(H,14,15). The lowest BCUT2D eigenvalue weighted by Gasteiger charge is -2.27. The van der Waals surface area contributed by atoms with Crippen LogP contribution >= 0.6 is 0 Å². The van der Waals surface area contributed by atoms with E-state index in [4.69, 9.17) is 5.11 Å². The molecule has 0 heterocycles. The highest BCUT2D eigenvalue weighted by molar-refractivity contribution is 5.78. The predicted molar refractivity (Wildman–Crippen MR) is 54.2 cm³/mol. The summed E-state index contributed by atoms with van der Waals surface area (Å²) in [5, 5.41) is 28.3. The van der Waals surface area contributed by atoms with Gasteiger partial charge in [-0.2, -0.15) is 0 Å². The van der Waals surface area contributed by atoms with Gasteiger partial charge >= 0.3 is 5.97 Å². The molecule has 0 aliphatic heterocycles. The van der Waals surface area contributed by atoms with Crippen molar-refractivity contribution in [3.8, 4) is 0 Å². The molecular weight excluding hydrogens is 215 g/mol. The maximum absolute atomic E-state index is 13.3. The van der Waals surface area contributed by atoms with Crippen molar-refractivity contribution in [2.45, 2.75) is 25.0 Å². The summed E-state index contributed by atoms with van der Waals surface area (Å²) < 4.78 is 13.3. The van der Waals surface area contributed by atoms with Crippen molar-refractivity contribution in [2.24, 2.45) is 0 Å². The Morgan fingerprint density at radius 1 is 1.50 bits per heavy atom. The third kappa shape index (κ3) is 2.05. The summed E-state index contributed by atoms with van der Waals surface area (Å²) in [7, 11) is 0. The number of aliphatic carboxylic acids is 1. The van der Waals surface area contributed by atoms with Crippen LogP contribution in [0.3, 0.4) is 0 Å². The molecule has 5 heteroatoms. The number of carbonyl (C=O) groups is 1. The molecule has 0 saturated heterocycles. The first kappa shape index (κ1) is 12.6. The summed E-state index contributed by atoms with van der Waals surface area (Å²) in [5.74, 6) is -2.33. The van der Waals surface area contributed by atoms with E-state index in [1.165, 1.54) is 25.1 Å². The average Bonchev–Trinajstić information content (AvgIpc) is 2.27. The third-order valence-corrected chi connectivity index (χ3v) is 2.56. The first-order chi connectivity index (χ1) is 7.43. The summed E-state index contributed by atoms with van der Waals surface area (Å²) >= 11 is 0. The molecular formula is C11H13FO4. The second kappa shape index (κ2) is 4.59. The molecule has 0 aliphatic carbocycles. The largest absolute Gasteiger partial charge is 0.479 e. The number of rotatable bonds is 4. The van der Waals surface area contributed by atoms with Crippen LogP contribution in [0.4, 0.5) is 4.39 Å². The molecule has 88 valence electrons. The zero-order valence-electron chi connectivity index (χ0n) is 8.72. The van der Waals surface area contributed by atoms with Gasteiger partial charge in [-0.05, 0) is 12.5 Å². The van der Waals surface area contributed by atoms with Crippen LogP contribution in [0.2, 0.25) is 0 Å². The van der Waals surface area contributed by atoms with Crippen molar-refractivity contribution < 1.29 is 24.5 Å². The van der Waals surface area contributed by atoms with Gasteiger partial charge in [-0.1, -0.05) is 25.1 Å². The second-order valence-electron chi connectivity index (χ2n) is 3.51. The molecule has 0 spiro atoms. The van der Waals surface area contributed by atoms with E-state index in [9.17, 15) is 19.4 Å². The maximum atomic E-state index is 13.3. The van der Waals surface area contributed by atoms with Crippen LogP contribution in [-0.4, -0.2) is 26.9 Å². The topological polar surface area (TPSA) is 77.8 Å². The average molecular weight is 228 g/mol. The Hall–Kier alpha value is -1.46. The molecule has 0 saturated carbocycles. The number of carboxylic acid groups (broad SMARTS) is 1. The molecule has 0 aromatic heterocycles. The van der Waals surface area contributed by atoms with E-state index >= 15 is 0 Å². The Kier molecular flexibility index (Phi) is 3.62. The predicted octanol–water partition coefficient (Wildman–Crippen LogP) is 1.08. The third-order valence-electron chi connectivity index (χ3n) is 2.56. The summed E-state index contributed by atoms with van der Waals surface area (Å²) in [6.45, 7) is 1.40. The fourth-order valence-electron chi connectivity index (χ4n) is 1.42. The minimum atomic E-state index is -2.37. The minimum Gasteiger partial charge on any atom is -0.479 e. The fourth-order valence-corrected chi connectivity index (χ4v) is 1.42. The molecule has 16 heavy (non-hydrogen) atoms. The normalized spacial score (nSPS) is 16.5.